The summed E-state index contributed by atoms with van der Waals surface area (Å²) < 4.78 is 58.6. The van der Waals surface area contributed by atoms with Gasteiger partial charge in [0.25, 0.3) is 19.1 Å². The fraction of sp³-hybridized carbons (Fsp3) is 0.182. The summed E-state index contributed by atoms with van der Waals surface area (Å²) in [5.74, 6) is 1.44. The van der Waals surface area contributed by atoms with E-state index in [2.05, 4.69) is 19.9 Å². The summed E-state index contributed by atoms with van der Waals surface area (Å²) in [6.07, 6.45) is 5.05. The van der Waals surface area contributed by atoms with Crippen molar-refractivity contribution >= 4 is 29.8 Å². The van der Waals surface area contributed by atoms with E-state index in [9.17, 15) is 16.8 Å². The number of aromatic nitrogens is 4. The minimum absolute atomic E-state index is 0.0597. The normalized spacial score (nSPS) is 11.6. The maximum atomic E-state index is 13.1. The van der Waals surface area contributed by atoms with Gasteiger partial charge in [-0.1, -0.05) is 24.3 Å². The molecule has 2 aromatic carbocycles. The molecule has 0 bridgehead atoms. The second-order valence-corrected chi connectivity index (χ2v) is 11.7. The predicted molar refractivity (Wildman–Crippen MR) is 133 cm³/mol. The van der Waals surface area contributed by atoms with Crippen molar-refractivity contribution in [3.8, 4) is 11.5 Å². The number of rotatable bonds is 9. The summed E-state index contributed by atoms with van der Waals surface area (Å²) in [7, 11) is 0.745. The Bertz CT molecular complexity index is 1380. The Labute approximate surface area is 213 Å². The van der Waals surface area contributed by atoms with E-state index in [4.69, 9.17) is 20.2 Å². The molecule has 0 radical (unpaired) electrons. The van der Waals surface area contributed by atoms with Gasteiger partial charge in [0.1, 0.15) is 11.5 Å². The van der Waals surface area contributed by atoms with Gasteiger partial charge in [0.05, 0.1) is 39.3 Å². The van der Waals surface area contributed by atoms with Crippen LogP contribution in [0.3, 0.4) is 0 Å². The first-order valence-corrected chi connectivity index (χ1v) is 14.1. The second-order valence-electron chi connectivity index (χ2n) is 7.24. The first kappa shape index (κ1) is 27.2. The molecule has 0 aliphatic heterocycles. The lowest BCUT2D eigenvalue weighted by molar-refractivity contribution is 0.396. The van der Waals surface area contributed by atoms with E-state index >= 15 is 0 Å². The van der Waals surface area contributed by atoms with Crippen LogP contribution >= 0.6 is 10.7 Å². The molecule has 2 aromatic heterocycles. The van der Waals surface area contributed by atoms with Gasteiger partial charge in [-0.15, -0.1) is 0 Å². The lowest BCUT2D eigenvalue weighted by Gasteiger charge is -2.22. The van der Waals surface area contributed by atoms with E-state index in [1.807, 2.05) is 48.5 Å². The SMILES string of the molecule is COc1ccc(CN(Cc2ccc(OC)cc2)S(=O)(=O)c2cnc[nH]2)cc1.O=S(=O)(Cl)c1cnc[nH]1. The number of H-pyrrole nitrogens is 2. The largest absolute Gasteiger partial charge is 0.497 e. The van der Waals surface area contributed by atoms with Gasteiger partial charge < -0.3 is 19.4 Å². The highest BCUT2D eigenvalue weighted by Gasteiger charge is 2.26. The van der Waals surface area contributed by atoms with Gasteiger partial charge in [-0.2, -0.15) is 4.31 Å². The van der Waals surface area contributed by atoms with Crippen molar-refractivity contribution in [1.29, 1.82) is 0 Å². The summed E-state index contributed by atoms with van der Waals surface area (Å²) in [4.78, 5) is 12.3. The fourth-order valence-electron chi connectivity index (χ4n) is 2.99. The Morgan fingerprint density at radius 2 is 1.17 bits per heavy atom. The molecule has 0 amide bonds. The molecule has 2 N–H and O–H groups in total. The summed E-state index contributed by atoms with van der Waals surface area (Å²) in [5, 5.41) is -0.0197. The van der Waals surface area contributed by atoms with Crippen molar-refractivity contribution in [2.45, 2.75) is 23.1 Å². The van der Waals surface area contributed by atoms with E-state index in [0.717, 1.165) is 28.8 Å². The summed E-state index contributed by atoms with van der Waals surface area (Å²) in [5.41, 5.74) is 1.71. The minimum atomic E-state index is -3.73. The molecule has 0 atom stereocenters. The number of aromatic amines is 2. The minimum Gasteiger partial charge on any atom is -0.497 e. The molecule has 0 aliphatic rings. The van der Waals surface area contributed by atoms with E-state index in [-0.39, 0.29) is 23.1 Å². The molecular formula is C22H24ClN5O6S2. The molecule has 0 unspecified atom stereocenters. The highest BCUT2D eigenvalue weighted by atomic mass is 35.7. The average Bonchev–Trinajstić information content (AvgIpc) is 3.60. The average molecular weight is 554 g/mol. The first-order chi connectivity index (χ1) is 17.1. The first-order valence-electron chi connectivity index (χ1n) is 10.3. The zero-order chi connectivity index (χ0) is 26.2. The maximum absolute atomic E-state index is 13.1. The van der Waals surface area contributed by atoms with Crippen LogP contribution in [0.4, 0.5) is 0 Å². The van der Waals surface area contributed by atoms with Gasteiger partial charge in [-0.3, -0.25) is 0 Å². The number of methoxy groups -OCH3 is 2. The topological polar surface area (TPSA) is 147 Å². The lowest BCUT2D eigenvalue weighted by atomic mass is 10.2. The fourth-order valence-corrected chi connectivity index (χ4v) is 4.94. The number of hydrogen-bond donors (Lipinski definition) is 2. The molecule has 0 saturated carbocycles. The van der Waals surface area contributed by atoms with Crippen LogP contribution in [0.15, 0.2) is 83.6 Å². The molecule has 0 saturated heterocycles. The van der Waals surface area contributed by atoms with Gasteiger partial charge >= 0.3 is 0 Å². The van der Waals surface area contributed by atoms with Crippen LogP contribution in [0.2, 0.25) is 0 Å². The number of imidazole rings is 2. The Hall–Kier alpha value is -3.39. The highest BCUT2D eigenvalue weighted by molar-refractivity contribution is 8.13. The molecule has 36 heavy (non-hydrogen) atoms. The molecule has 2 heterocycles. The van der Waals surface area contributed by atoms with Crippen molar-refractivity contribution in [3.63, 3.8) is 0 Å². The van der Waals surface area contributed by atoms with Gasteiger partial charge in [-0.05, 0) is 35.4 Å². The predicted octanol–water partition coefficient (Wildman–Crippen LogP) is 3.16. The van der Waals surface area contributed by atoms with Gasteiger partial charge in [0.15, 0.2) is 10.1 Å². The highest BCUT2D eigenvalue weighted by Crippen LogP contribution is 2.22. The molecule has 4 rings (SSSR count). The Kier molecular flexibility index (Phi) is 9.09. The van der Waals surface area contributed by atoms with Crippen molar-refractivity contribution in [2.24, 2.45) is 0 Å². The van der Waals surface area contributed by atoms with Crippen LogP contribution in [0, 0.1) is 0 Å². The quantitative estimate of drug-likeness (QED) is 0.300. The van der Waals surface area contributed by atoms with E-state index in [1.165, 1.54) is 23.2 Å². The Morgan fingerprint density at radius 3 is 1.47 bits per heavy atom. The van der Waals surface area contributed by atoms with Crippen molar-refractivity contribution < 1.29 is 26.3 Å². The molecule has 0 aliphatic carbocycles. The number of hydrogen-bond acceptors (Lipinski definition) is 8. The number of nitrogens with one attached hydrogen (secondary N) is 2. The van der Waals surface area contributed by atoms with Crippen molar-refractivity contribution in [2.75, 3.05) is 14.2 Å². The van der Waals surface area contributed by atoms with Gasteiger partial charge in [-0.25, -0.2) is 26.8 Å². The monoisotopic (exact) mass is 553 g/mol. The zero-order valence-corrected chi connectivity index (χ0v) is 21.7. The number of halogens is 1. The Balaban J connectivity index is 0.000000338. The van der Waals surface area contributed by atoms with Crippen LogP contribution in [0.25, 0.3) is 0 Å². The van der Waals surface area contributed by atoms with Gasteiger partial charge in [0.2, 0.25) is 0 Å². The van der Waals surface area contributed by atoms with E-state index < -0.39 is 19.1 Å². The summed E-state index contributed by atoms with van der Waals surface area (Å²) in [6.45, 7) is 0.439. The molecular weight excluding hydrogens is 530 g/mol. The Morgan fingerprint density at radius 1 is 0.750 bits per heavy atom. The molecule has 0 fully saturated rings. The molecule has 0 spiro atoms. The number of ether oxygens (including phenoxy) is 2. The van der Waals surface area contributed by atoms with Crippen molar-refractivity contribution in [3.05, 3.63) is 84.7 Å². The molecule has 14 heteroatoms. The molecule has 11 nitrogen and oxygen atoms in total. The number of nitrogens with zero attached hydrogens (tertiary/aromatic N) is 3. The van der Waals surface area contributed by atoms with E-state index in [1.54, 1.807) is 14.2 Å². The third-order valence-corrected chi connectivity index (χ3v) is 7.83. The zero-order valence-electron chi connectivity index (χ0n) is 19.3. The second kappa shape index (κ2) is 12.0. The van der Waals surface area contributed by atoms with Crippen LogP contribution in [0.1, 0.15) is 11.1 Å². The number of benzene rings is 2. The third kappa shape index (κ3) is 7.31. The summed E-state index contributed by atoms with van der Waals surface area (Å²) in [6, 6.07) is 14.6. The smallest absolute Gasteiger partial charge is 0.278 e. The van der Waals surface area contributed by atoms with E-state index in [0.29, 0.717) is 0 Å². The third-order valence-electron chi connectivity index (χ3n) is 4.86. The van der Waals surface area contributed by atoms with Crippen LogP contribution in [-0.4, -0.2) is 55.3 Å². The van der Waals surface area contributed by atoms with Crippen LogP contribution < -0.4 is 9.47 Å². The maximum Gasteiger partial charge on any atom is 0.278 e. The standard InChI is InChI=1S/C19H21N3O4S.C3H3ClN2O2S/c1-25-17-7-3-15(4-8-17)12-22(27(23,24)19-11-20-14-21-19)13-16-5-9-18(26-2)10-6-16;4-9(7,8)3-1-5-2-6-3/h3-11,14H,12-13H2,1-2H3,(H,20,21);1-2H,(H,5,6). The molecule has 192 valence electrons. The van der Waals surface area contributed by atoms with Crippen LogP contribution in [-0.2, 0) is 32.2 Å². The number of sulfonamides is 1. The lowest BCUT2D eigenvalue weighted by Crippen LogP contribution is -2.30. The molecule has 4 aromatic rings. The van der Waals surface area contributed by atoms with Crippen LogP contribution in [0.5, 0.6) is 11.5 Å². The van der Waals surface area contributed by atoms with Gasteiger partial charge in [0, 0.05) is 23.8 Å². The summed E-state index contributed by atoms with van der Waals surface area (Å²) >= 11 is 0. The van der Waals surface area contributed by atoms with Crippen molar-refractivity contribution in [1.82, 2.24) is 24.2 Å².